The van der Waals surface area contributed by atoms with Crippen molar-refractivity contribution in [3.63, 3.8) is 0 Å². The molecule has 1 aliphatic rings. The number of hydrogen-bond donors (Lipinski definition) is 2. The summed E-state index contributed by atoms with van der Waals surface area (Å²) in [5.41, 5.74) is 2.14. The Labute approximate surface area is 172 Å². The number of aromatic nitrogens is 4. The Balaban J connectivity index is 1.36. The maximum Gasteiger partial charge on any atom is 0.193 e. The lowest BCUT2D eigenvalue weighted by molar-refractivity contribution is 0.189. The number of rotatable bonds is 6. The van der Waals surface area contributed by atoms with Crippen molar-refractivity contribution in [2.24, 2.45) is 10.9 Å². The topological polar surface area (TPSA) is 74.1 Å². The van der Waals surface area contributed by atoms with E-state index in [1.54, 1.807) is 0 Å². The second-order valence-corrected chi connectivity index (χ2v) is 7.83. The summed E-state index contributed by atoms with van der Waals surface area (Å²) in [7, 11) is 0. The number of piperidine rings is 1. The molecular weight excluding hydrogens is 362 g/mol. The van der Waals surface area contributed by atoms with E-state index in [9.17, 15) is 0 Å². The van der Waals surface area contributed by atoms with Crippen molar-refractivity contribution >= 4 is 17.0 Å². The number of para-hydroxylation sites is 2. The van der Waals surface area contributed by atoms with E-state index < -0.39 is 0 Å². The molecule has 1 aliphatic heterocycles. The smallest absolute Gasteiger partial charge is 0.193 e. The number of aryl methyl sites for hydroxylation is 1. The van der Waals surface area contributed by atoms with Crippen molar-refractivity contribution in [3.8, 4) is 0 Å². The lowest BCUT2D eigenvalue weighted by Gasteiger charge is -2.39. The number of fused-ring (bicyclic) bond motifs is 1. The molecule has 2 N–H and O–H groups in total. The average Bonchev–Trinajstić information content (AvgIpc) is 3.40. The highest BCUT2D eigenvalue weighted by Crippen LogP contribution is 2.27. The maximum absolute atomic E-state index is 4.91. The zero-order valence-electron chi connectivity index (χ0n) is 17.4. The number of guanidine groups is 1. The van der Waals surface area contributed by atoms with Gasteiger partial charge in [0.1, 0.15) is 5.82 Å². The molecule has 0 amide bonds. The molecular formula is C22H31N7. The Morgan fingerprint density at radius 3 is 3.03 bits per heavy atom. The van der Waals surface area contributed by atoms with Gasteiger partial charge in [-0.2, -0.15) is 0 Å². The molecule has 3 aromatic rings. The summed E-state index contributed by atoms with van der Waals surface area (Å²) in [6.45, 7) is 8.14. The Morgan fingerprint density at radius 2 is 2.24 bits per heavy atom. The number of benzene rings is 1. The van der Waals surface area contributed by atoms with Gasteiger partial charge in [0.25, 0.3) is 0 Å². The largest absolute Gasteiger partial charge is 0.357 e. The predicted octanol–water partition coefficient (Wildman–Crippen LogP) is 3.24. The molecule has 29 heavy (non-hydrogen) atoms. The summed E-state index contributed by atoms with van der Waals surface area (Å²) >= 11 is 0. The Bertz CT molecular complexity index is 895. The minimum Gasteiger partial charge on any atom is -0.357 e. The Hall–Kier alpha value is -2.83. The van der Waals surface area contributed by atoms with Crippen molar-refractivity contribution in [1.82, 2.24) is 29.7 Å². The van der Waals surface area contributed by atoms with E-state index in [4.69, 9.17) is 4.99 Å². The van der Waals surface area contributed by atoms with Gasteiger partial charge in [-0.25, -0.2) is 9.97 Å². The number of H-pyrrole nitrogens is 1. The predicted molar refractivity (Wildman–Crippen MR) is 117 cm³/mol. The van der Waals surface area contributed by atoms with Crippen LogP contribution in [0.15, 0.2) is 48.0 Å². The second kappa shape index (κ2) is 9.11. The lowest BCUT2D eigenvalue weighted by atomic mass is 9.93. The first-order chi connectivity index (χ1) is 14.2. The van der Waals surface area contributed by atoms with Gasteiger partial charge < -0.3 is 19.8 Å². The molecule has 154 valence electrons. The molecule has 1 fully saturated rings. The summed E-state index contributed by atoms with van der Waals surface area (Å²) in [5.74, 6) is 2.70. The summed E-state index contributed by atoms with van der Waals surface area (Å²) in [6.07, 6.45) is 8.91. The fraction of sp³-hybridized carbons (Fsp3) is 0.500. The first-order valence-corrected chi connectivity index (χ1v) is 10.7. The van der Waals surface area contributed by atoms with Gasteiger partial charge in [-0.3, -0.25) is 4.99 Å². The molecule has 0 radical (unpaired) electrons. The minimum atomic E-state index is 0.436. The fourth-order valence-electron chi connectivity index (χ4n) is 4.08. The number of nitrogens with zero attached hydrogens (tertiary/aromatic N) is 5. The standard InChI is InChI=1S/C22H31N7/c1-3-24-22(28-13-10-17(2)20(15-28)29-14-12-23-16-29)25-11-6-9-21-26-18-7-4-5-8-19(18)27-21/h4-5,7-8,12,14,16-17,20H,3,6,9-11,13,15H2,1-2H3,(H,24,25)(H,26,27). The number of imidazole rings is 2. The second-order valence-electron chi connectivity index (χ2n) is 7.83. The molecule has 1 saturated heterocycles. The van der Waals surface area contributed by atoms with E-state index in [-0.39, 0.29) is 0 Å². The number of nitrogens with one attached hydrogen (secondary N) is 2. The van der Waals surface area contributed by atoms with Crippen molar-refractivity contribution in [3.05, 3.63) is 48.8 Å². The molecule has 7 nitrogen and oxygen atoms in total. The third kappa shape index (κ3) is 4.60. The van der Waals surface area contributed by atoms with Crippen LogP contribution in [0.5, 0.6) is 0 Å². The van der Waals surface area contributed by atoms with Crippen LogP contribution in [-0.4, -0.2) is 56.6 Å². The molecule has 7 heteroatoms. The Morgan fingerprint density at radius 1 is 1.34 bits per heavy atom. The SMILES string of the molecule is CCNC(=NCCCc1nc2ccccc2[nH]1)N1CCC(C)C(n2ccnc2)C1. The zero-order valence-corrected chi connectivity index (χ0v) is 17.4. The van der Waals surface area contributed by atoms with Crippen LogP contribution >= 0.6 is 0 Å². The highest BCUT2D eigenvalue weighted by Gasteiger charge is 2.28. The van der Waals surface area contributed by atoms with E-state index in [0.717, 1.165) is 68.3 Å². The van der Waals surface area contributed by atoms with Crippen molar-refractivity contribution in [1.29, 1.82) is 0 Å². The monoisotopic (exact) mass is 393 g/mol. The van der Waals surface area contributed by atoms with Crippen LogP contribution in [0.2, 0.25) is 0 Å². The van der Waals surface area contributed by atoms with Crippen molar-refractivity contribution < 1.29 is 0 Å². The quantitative estimate of drug-likeness (QED) is 0.383. The molecule has 2 unspecified atom stereocenters. The van der Waals surface area contributed by atoms with E-state index in [0.29, 0.717) is 12.0 Å². The van der Waals surface area contributed by atoms with Gasteiger partial charge in [-0.15, -0.1) is 0 Å². The molecule has 0 saturated carbocycles. The summed E-state index contributed by atoms with van der Waals surface area (Å²) in [4.78, 5) is 19.6. The molecule has 2 atom stereocenters. The van der Waals surface area contributed by atoms with Gasteiger partial charge in [0.15, 0.2) is 5.96 Å². The van der Waals surface area contributed by atoms with E-state index in [1.807, 2.05) is 30.7 Å². The summed E-state index contributed by atoms with van der Waals surface area (Å²) < 4.78 is 2.24. The van der Waals surface area contributed by atoms with Crippen molar-refractivity contribution in [2.75, 3.05) is 26.2 Å². The third-order valence-corrected chi connectivity index (χ3v) is 5.73. The third-order valence-electron chi connectivity index (χ3n) is 5.73. The van der Waals surface area contributed by atoms with Crippen LogP contribution < -0.4 is 5.32 Å². The van der Waals surface area contributed by atoms with Crippen LogP contribution in [0.25, 0.3) is 11.0 Å². The highest BCUT2D eigenvalue weighted by molar-refractivity contribution is 5.80. The van der Waals surface area contributed by atoms with E-state index in [1.165, 1.54) is 0 Å². The van der Waals surface area contributed by atoms with Crippen molar-refractivity contribution in [2.45, 2.75) is 39.2 Å². The maximum atomic E-state index is 4.91. The first kappa shape index (κ1) is 19.5. The molecule has 3 heterocycles. The fourth-order valence-corrected chi connectivity index (χ4v) is 4.08. The van der Waals surface area contributed by atoms with E-state index in [2.05, 4.69) is 55.8 Å². The molecule has 0 spiro atoms. The number of hydrogen-bond acceptors (Lipinski definition) is 3. The highest BCUT2D eigenvalue weighted by atomic mass is 15.3. The number of aromatic amines is 1. The normalized spacial score (nSPS) is 20.3. The van der Waals surface area contributed by atoms with Crippen LogP contribution in [0.4, 0.5) is 0 Å². The van der Waals surface area contributed by atoms with Gasteiger partial charge in [0, 0.05) is 45.0 Å². The van der Waals surface area contributed by atoms with Crippen LogP contribution in [0.3, 0.4) is 0 Å². The molecule has 0 bridgehead atoms. The zero-order chi connectivity index (χ0) is 20.1. The van der Waals surface area contributed by atoms with Gasteiger partial charge in [0.2, 0.25) is 0 Å². The molecule has 4 rings (SSSR count). The summed E-state index contributed by atoms with van der Waals surface area (Å²) in [6, 6.07) is 8.61. The minimum absolute atomic E-state index is 0.436. The Kier molecular flexibility index (Phi) is 6.12. The number of likely N-dealkylation sites (tertiary alicyclic amines) is 1. The van der Waals surface area contributed by atoms with E-state index >= 15 is 0 Å². The molecule has 1 aromatic carbocycles. The van der Waals surface area contributed by atoms with Gasteiger partial charge in [0.05, 0.1) is 23.4 Å². The lowest BCUT2D eigenvalue weighted by Crippen LogP contribution is -2.49. The van der Waals surface area contributed by atoms with Crippen LogP contribution in [0.1, 0.15) is 38.6 Å². The molecule has 2 aromatic heterocycles. The van der Waals surface area contributed by atoms with Gasteiger partial charge in [-0.05, 0) is 37.8 Å². The van der Waals surface area contributed by atoms with Gasteiger partial charge in [-0.1, -0.05) is 19.1 Å². The average molecular weight is 394 g/mol. The van der Waals surface area contributed by atoms with Crippen LogP contribution in [-0.2, 0) is 6.42 Å². The number of aliphatic imine (C=N–C) groups is 1. The van der Waals surface area contributed by atoms with Crippen LogP contribution in [0, 0.1) is 5.92 Å². The molecule has 0 aliphatic carbocycles. The summed E-state index contributed by atoms with van der Waals surface area (Å²) in [5, 5.41) is 3.48. The van der Waals surface area contributed by atoms with Gasteiger partial charge >= 0.3 is 0 Å². The first-order valence-electron chi connectivity index (χ1n) is 10.7.